The van der Waals surface area contributed by atoms with Crippen LogP contribution in [0.4, 0.5) is 4.39 Å². The second kappa shape index (κ2) is 10.2. The first-order valence-electron chi connectivity index (χ1n) is 11.8. The minimum atomic E-state index is -0.540. The lowest BCUT2D eigenvalue weighted by atomic mass is 9.94. The maximum atomic E-state index is 14.3. The number of H-pyrrole nitrogens is 1. The van der Waals surface area contributed by atoms with Crippen molar-refractivity contribution in [1.29, 1.82) is 0 Å². The molecule has 2 heterocycles. The van der Waals surface area contributed by atoms with E-state index in [1.807, 2.05) is 0 Å². The average Bonchev–Trinajstić information content (AvgIpc) is 2.81. The zero-order valence-corrected chi connectivity index (χ0v) is 20.6. The van der Waals surface area contributed by atoms with Crippen molar-refractivity contribution in [3.63, 3.8) is 0 Å². The Bertz CT molecular complexity index is 1310. The van der Waals surface area contributed by atoms with Crippen LogP contribution in [0.5, 0.6) is 0 Å². The number of nitrogens with one attached hydrogen (secondary N) is 2. The van der Waals surface area contributed by atoms with E-state index in [0.29, 0.717) is 28.9 Å². The number of hydrogen-bond acceptors (Lipinski definition) is 4. The van der Waals surface area contributed by atoms with Gasteiger partial charge in [0.25, 0.3) is 11.5 Å². The zero-order chi connectivity index (χ0) is 24.4. The van der Waals surface area contributed by atoms with Crippen LogP contribution in [0.3, 0.4) is 0 Å². The molecule has 2 aromatic carbocycles. The van der Waals surface area contributed by atoms with Gasteiger partial charge in [0.1, 0.15) is 5.82 Å². The first-order chi connectivity index (χ1) is 16.3. The topological polar surface area (TPSA) is 70.1 Å². The highest BCUT2D eigenvalue weighted by Crippen LogP contribution is 2.21. The molecule has 3 aromatic rings. The largest absolute Gasteiger partial charge is 0.350 e. The molecule has 0 aliphatic carbocycles. The lowest BCUT2D eigenvalue weighted by Crippen LogP contribution is -2.49. The van der Waals surface area contributed by atoms with E-state index in [-0.39, 0.29) is 22.4 Å². The number of carbonyl (C=O) groups excluding carboxylic acids is 1. The van der Waals surface area contributed by atoms with Crippen LogP contribution in [0.25, 0.3) is 16.6 Å². The molecule has 1 saturated heterocycles. The summed E-state index contributed by atoms with van der Waals surface area (Å²) in [6.07, 6.45) is 2.37. The Morgan fingerprint density at radius 2 is 1.91 bits per heavy atom. The molecule has 1 amide bonds. The van der Waals surface area contributed by atoms with Gasteiger partial charge in [0.2, 0.25) is 0 Å². The van der Waals surface area contributed by atoms with Crippen LogP contribution in [-0.4, -0.2) is 46.0 Å². The van der Waals surface area contributed by atoms with Crippen molar-refractivity contribution in [3.05, 3.63) is 69.0 Å². The summed E-state index contributed by atoms with van der Waals surface area (Å²) in [5.41, 5.74) is 0.538. The van der Waals surface area contributed by atoms with Gasteiger partial charge in [-0.05, 0) is 80.3 Å². The number of amides is 1. The van der Waals surface area contributed by atoms with Gasteiger partial charge in [-0.3, -0.25) is 14.5 Å². The molecule has 1 unspecified atom stereocenters. The summed E-state index contributed by atoms with van der Waals surface area (Å²) in [5, 5.41) is 3.40. The van der Waals surface area contributed by atoms with Crippen molar-refractivity contribution in [2.45, 2.75) is 39.7 Å². The number of likely N-dealkylation sites (tertiary alicyclic amines) is 1. The van der Waals surface area contributed by atoms with E-state index in [1.165, 1.54) is 25.0 Å². The van der Waals surface area contributed by atoms with Crippen LogP contribution in [0.1, 0.15) is 44.0 Å². The molecular formula is C26H31FN4O2S. The molecular weight excluding hydrogens is 451 g/mol. The predicted octanol–water partition coefficient (Wildman–Crippen LogP) is 4.67. The molecule has 0 spiro atoms. The molecule has 34 heavy (non-hydrogen) atoms. The number of rotatable bonds is 6. The molecule has 6 nitrogen and oxygen atoms in total. The first kappa shape index (κ1) is 24.3. The Kier molecular flexibility index (Phi) is 7.28. The van der Waals surface area contributed by atoms with Gasteiger partial charge in [0.15, 0.2) is 4.77 Å². The molecule has 1 atom stereocenters. The Morgan fingerprint density at radius 1 is 1.21 bits per heavy atom. The Morgan fingerprint density at radius 3 is 2.59 bits per heavy atom. The lowest BCUT2D eigenvalue weighted by Gasteiger charge is -2.38. The van der Waals surface area contributed by atoms with E-state index in [2.05, 4.69) is 36.0 Å². The summed E-state index contributed by atoms with van der Waals surface area (Å²) in [6.45, 7) is 9.34. The third-order valence-corrected chi connectivity index (χ3v) is 7.07. The van der Waals surface area contributed by atoms with E-state index in [0.717, 1.165) is 23.6 Å². The van der Waals surface area contributed by atoms with Crippen LogP contribution in [0, 0.1) is 22.4 Å². The average molecular weight is 483 g/mol. The third-order valence-electron chi connectivity index (χ3n) is 6.78. The molecule has 1 fully saturated rings. The second-order valence-corrected chi connectivity index (χ2v) is 9.91. The van der Waals surface area contributed by atoms with Gasteiger partial charge < -0.3 is 10.3 Å². The van der Waals surface area contributed by atoms with Crippen LogP contribution in [0.15, 0.2) is 47.3 Å². The van der Waals surface area contributed by atoms with Crippen molar-refractivity contribution in [2.75, 3.05) is 19.6 Å². The van der Waals surface area contributed by atoms with Crippen molar-refractivity contribution in [1.82, 2.24) is 19.8 Å². The number of aromatic amines is 1. The normalized spacial score (nSPS) is 16.1. The molecule has 1 aromatic heterocycles. The highest BCUT2D eigenvalue weighted by molar-refractivity contribution is 7.71. The molecule has 4 rings (SSSR count). The van der Waals surface area contributed by atoms with E-state index in [1.54, 1.807) is 30.3 Å². The van der Waals surface area contributed by atoms with Gasteiger partial charge in [-0.15, -0.1) is 0 Å². The number of para-hydroxylation sites is 1. The summed E-state index contributed by atoms with van der Waals surface area (Å²) in [4.78, 5) is 31.5. The van der Waals surface area contributed by atoms with E-state index in [9.17, 15) is 14.0 Å². The van der Waals surface area contributed by atoms with Crippen LogP contribution in [0.2, 0.25) is 0 Å². The van der Waals surface area contributed by atoms with Crippen molar-refractivity contribution < 1.29 is 9.18 Å². The minimum Gasteiger partial charge on any atom is -0.350 e. The van der Waals surface area contributed by atoms with Crippen LogP contribution < -0.4 is 10.9 Å². The highest BCUT2D eigenvalue weighted by atomic mass is 32.1. The van der Waals surface area contributed by atoms with Crippen LogP contribution in [-0.2, 0) is 0 Å². The summed E-state index contributed by atoms with van der Waals surface area (Å²) >= 11 is 5.35. The summed E-state index contributed by atoms with van der Waals surface area (Å²) in [7, 11) is 0. The highest BCUT2D eigenvalue weighted by Gasteiger charge is 2.26. The van der Waals surface area contributed by atoms with Crippen LogP contribution >= 0.6 is 12.2 Å². The van der Waals surface area contributed by atoms with Crippen molar-refractivity contribution in [3.8, 4) is 5.69 Å². The fourth-order valence-corrected chi connectivity index (χ4v) is 4.95. The van der Waals surface area contributed by atoms with Gasteiger partial charge in [-0.1, -0.05) is 32.9 Å². The SMILES string of the molecule is CC1CCN(C(CNC(=O)c2ccc3c(=O)n(-c4ccccc4F)c(=S)[nH]c3c2)C(C)C)CC1. The van der Waals surface area contributed by atoms with Gasteiger partial charge in [-0.2, -0.15) is 0 Å². The van der Waals surface area contributed by atoms with Crippen molar-refractivity contribution in [2.24, 2.45) is 11.8 Å². The van der Waals surface area contributed by atoms with E-state index >= 15 is 0 Å². The predicted molar refractivity (Wildman–Crippen MR) is 136 cm³/mol. The third kappa shape index (κ3) is 4.98. The number of halogens is 1. The number of aromatic nitrogens is 2. The fraction of sp³-hybridized carbons (Fsp3) is 0.423. The second-order valence-electron chi connectivity index (χ2n) is 9.52. The number of benzene rings is 2. The van der Waals surface area contributed by atoms with Crippen molar-refractivity contribution >= 4 is 29.0 Å². The smallest absolute Gasteiger partial charge is 0.266 e. The molecule has 1 aliphatic heterocycles. The lowest BCUT2D eigenvalue weighted by molar-refractivity contribution is 0.0863. The molecule has 2 N–H and O–H groups in total. The maximum Gasteiger partial charge on any atom is 0.266 e. The standard InChI is InChI=1S/C26H31FN4O2S/c1-16(2)23(30-12-10-17(3)11-13-30)15-28-24(32)18-8-9-19-21(14-18)29-26(34)31(25(19)33)22-7-5-4-6-20(22)27/h4-9,14,16-17,23H,10-13,15H2,1-3H3,(H,28,32)(H,29,34). The summed E-state index contributed by atoms with van der Waals surface area (Å²) in [5.74, 6) is 0.431. The molecule has 0 saturated carbocycles. The number of carbonyl (C=O) groups is 1. The molecule has 8 heteroatoms. The maximum absolute atomic E-state index is 14.3. The first-order valence-corrected chi connectivity index (χ1v) is 12.2. The molecule has 1 aliphatic rings. The number of piperidine rings is 1. The van der Waals surface area contributed by atoms with Gasteiger partial charge >= 0.3 is 0 Å². The van der Waals surface area contributed by atoms with Gasteiger partial charge in [-0.25, -0.2) is 8.96 Å². The number of nitrogens with zero attached hydrogens (tertiary/aromatic N) is 2. The minimum absolute atomic E-state index is 0.0688. The van der Waals surface area contributed by atoms with E-state index < -0.39 is 11.4 Å². The molecule has 180 valence electrons. The molecule has 0 radical (unpaired) electrons. The quantitative estimate of drug-likeness (QED) is 0.501. The summed E-state index contributed by atoms with van der Waals surface area (Å²) < 4.78 is 15.5. The summed E-state index contributed by atoms with van der Waals surface area (Å²) in [6, 6.07) is 11.1. The fourth-order valence-electron chi connectivity index (χ4n) is 4.66. The van der Waals surface area contributed by atoms with Gasteiger partial charge in [0.05, 0.1) is 16.6 Å². The number of hydrogen-bond donors (Lipinski definition) is 2. The zero-order valence-electron chi connectivity index (χ0n) is 19.8. The Hall–Kier alpha value is -2.84. The monoisotopic (exact) mass is 482 g/mol. The van der Waals surface area contributed by atoms with E-state index in [4.69, 9.17) is 12.2 Å². The Balaban J connectivity index is 1.56. The molecule has 0 bridgehead atoms. The van der Waals surface area contributed by atoms with Gasteiger partial charge in [0, 0.05) is 18.2 Å². The Labute approximate surface area is 203 Å². The number of fused-ring (bicyclic) bond motifs is 1.